The van der Waals surface area contributed by atoms with Crippen molar-refractivity contribution in [3.63, 3.8) is 0 Å². The number of para-hydroxylation sites is 1. The first-order chi connectivity index (χ1) is 25.9. The molecule has 9 heteroatoms. The third-order valence-corrected chi connectivity index (χ3v) is 12.3. The van der Waals surface area contributed by atoms with Gasteiger partial charge in [-0.05, 0) is 89.6 Å². The van der Waals surface area contributed by atoms with E-state index in [1.807, 2.05) is 71.7 Å². The monoisotopic (exact) mass is 707 g/mol. The highest BCUT2D eigenvalue weighted by Crippen LogP contribution is 2.53. The molecule has 0 spiro atoms. The lowest BCUT2D eigenvalue weighted by Crippen LogP contribution is -2.27. The summed E-state index contributed by atoms with van der Waals surface area (Å²) in [7, 11) is 0. The number of hydrogen-bond donors (Lipinski definition) is 2. The molecule has 0 saturated heterocycles. The molecule has 8 nitrogen and oxygen atoms in total. The van der Waals surface area contributed by atoms with E-state index >= 15 is 0 Å². The molecule has 10 rings (SSSR count). The molecule has 0 radical (unpaired) electrons. The van der Waals surface area contributed by atoms with Crippen LogP contribution in [-0.2, 0) is 5.41 Å². The van der Waals surface area contributed by atoms with E-state index in [1.165, 1.54) is 33.4 Å². The lowest BCUT2D eigenvalue weighted by Gasteiger charge is -2.36. The normalized spacial score (nSPS) is 18.6. The highest BCUT2D eigenvalue weighted by molar-refractivity contribution is 7.19. The van der Waals surface area contributed by atoms with Crippen molar-refractivity contribution in [1.82, 2.24) is 24.7 Å². The maximum Gasteiger partial charge on any atom is 0.179 e. The van der Waals surface area contributed by atoms with Gasteiger partial charge in [-0.15, -0.1) is 11.3 Å². The van der Waals surface area contributed by atoms with Gasteiger partial charge in [-0.2, -0.15) is 10.2 Å². The summed E-state index contributed by atoms with van der Waals surface area (Å²) in [4.78, 5) is 10.7. The van der Waals surface area contributed by atoms with Crippen molar-refractivity contribution in [2.75, 3.05) is 0 Å². The average Bonchev–Trinajstić information content (AvgIpc) is 3.88. The van der Waals surface area contributed by atoms with Crippen molar-refractivity contribution < 1.29 is 4.42 Å². The number of rotatable bonds is 5. The molecular weight excluding hydrogens is 675 g/mol. The first-order valence-electron chi connectivity index (χ1n) is 17.7. The number of nitrogens with zero attached hydrogens (tertiary/aromatic N) is 5. The number of allylic oxidation sites excluding steroid dienone is 5. The minimum absolute atomic E-state index is 0.161. The van der Waals surface area contributed by atoms with Crippen molar-refractivity contribution in [2.45, 2.75) is 32.1 Å². The SMILES string of the molecule is CC1C=C(c2ccccn2)C(C2=Cc3c(sc4cnncc34)C(C)(c3ccc4oc(C(=N)n5c6ccccc6c6ncccc65)c(C=N)c4c3)C2)=CC1. The largest absolute Gasteiger partial charge is 0.452 e. The van der Waals surface area contributed by atoms with Gasteiger partial charge in [0.05, 0.1) is 39.3 Å². The number of aromatic nitrogens is 5. The molecule has 6 heterocycles. The Morgan fingerprint density at radius 3 is 2.62 bits per heavy atom. The third-order valence-electron chi connectivity index (χ3n) is 10.9. The zero-order valence-corrected chi connectivity index (χ0v) is 29.9. The fourth-order valence-corrected chi connectivity index (χ4v) is 9.62. The molecule has 2 aromatic carbocycles. The van der Waals surface area contributed by atoms with Gasteiger partial charge >= 0.3 is 0 Å². The van der Waals surface area contributed by atoms with E-state index in [4.69, 9.17) is 14.8 Å². The molecule has 6 aromatic heterocycles. The van der Waals surface area contributed by atoms with Gasteiger partial charge < -0.3 is 9.83 Å². The van der Waals surface area contributed by atoms with Crippen LogP contribution in [0.25, 0.3) is 54.6 Å². The summed E-state index contributed by atoms with van der Waals surface area (Å²) < 4.78 is 9.46. The molecule has 53 heavy (non-hydrogen) atoms. The van der Waals surface area contributed by atoms with E-state index in [0.29, 0.717) is 22.8 Å². The minimum Gasteiger partial charge on any atom is -0.452 e. The topological polar surface area (TPSA) is 117 Å². The summed E-state index contributed by atoms with van der Waals surface area (Å²) in [5, 5.41) is 29.5. The molecule has 8 aromatic rings. The maximum atomic E-state index is 9.52. The molecule has 256 valence electrons. The lowest BCUT2D eigenvalue weighted by molar-refractivity contribution is 0.573. The van der Waals surface area contributed by atoms with Gasteiger partial charge in [0, 0.05) is 56.2 Å². The van der Waals surface area contributed by atoms with Crippen molar-refractivity contribution in [1.29, 1.82) is 10.8 Å². The second kappa shape index (κ2) is 11.9. The summed E-state index contributed by atoms with van der Waals surface area (Å²) in [5.74, 6) is 0.918. The van der Waals surface area contributed by atoms with Crippen molar-refractivity contribution in [3.8, 4) is 0 Å². The molecule has 2 aliphatic carbocycles. The number of pyridine rings is 2. The average molecular weight is 708 g/mol. The molecule has 2 aliphatic rings. The number of fused-ring (bicyclic) bond motifs is 7. The van der Waals surface area contributed by atoms with Crippen LogP contribution in [0.3, 0.4) is 0 Å². The van der Waals surface area contributed by atoms with Gasteiger partial charge in [-0.1, -0.05) is 56.3 Å². The molecule has 0 aliphatic heterocycles. The first kappa shape index (κ1) is 31.4. The lowest BCUT2D eigenvalue weighted by atomic mass is 9.68. The third kappa shape index (κ3) is 4.73. The van der Waals surface area contributed by atoms with Gasteiger partial charge in [0.1, 0.15) is 5.58 Å². The van der Waals surface area contributed by atoms with E-state index in [9.17, 15) is 5.41 Å². The van der Waals surface area contributed by atoms with Crippen LogP contribution in [0.5, 0.6) is 0 Å². The Hall–Kier alpha value is -6.32. The van der Waals surface area contributed by atoms with E-state index < -0.39 is 5.41 Å². The van der Waals surface area contributed by atoms with Crippen molar-refractivity contribution in [2.24, 2.45) is 5.92 Å². The highest BCUT2D eigenvalue weighted by atomic mass is 32.1. The first-order valence-corrected chi connectivity index (χ1v) is 18.5. The zero-order valence-electron chi connectivity index (χ0n) is 29.1. The van der Waals surface area contributed by atoms with Crippen LogP contribution in [0.4, 0.5) is 0 Å². The van der Waals surface area contributed by atoms with Gasteiger partial charge in [-0.3, -0.25) is 19.9 Å². The number of furan rings is 1. The van der Waals surface area contributed by atoms with Crippen LogP contribution in [0.15, 0.2) is 125 Å². The molecule has 0 fully saturated rings. The molecule has 0 amide bonds. The van der Waals surface area contributed by atoms with Crippen molar-refractivity contribution >= 4 is 78.0 Å². The molecule has 2 N–H and O–H groups in total. The van der Waals surface area contributed by atoms with E-state index in [1.54, 1.807) is 17.5 Å². The smallest absolute Gasteiger partial charge is 0.179 e. The Morgan fingerprint density at radius 1 is 0.925 bits per heavy atom. The Morgan fingerprint density at radius 2 is 1.75 bits per heavy atom. The molecule has 0 bridgehead atoms. The van der Waals surface area contributed by atoms with Gasteiger partial charge in [0.2, 0.25) is 0 Å². The predicted molar refractivity (Wildman–Crippen MR) is 214 cm³/mol. The number of benzene rings is 2. The van der Waals surface area contributed by atoms with E-state index in [-0.39, 0.29) is 5.84 Å². The summed E-state index contributed by atoms with van der Waals surface area (Å²) in [6.07, 6.45) is 17.5. The maximum absolute atomic E-state index is 9.52. The van der Waals surface area contributed by atoms with Crippen LogP contribution < -0.4 is 0 Å². The van der Waals surface area contributed by atoms with E-state index in [2.05, 4.69) is 71.5 Å². The summed E-state index contributed by atoms with van der Waals surface area (Å²) in [6, 6.07) is 24.3. The number of hydrogen-bond acceptors (Lipinski definition) is 8. The van der Waals surface area contributed by atoms with Crippen molar-refractivity contribution in [3.05, 3.63) is 154 Å². The second-order valence-corrected chi connectivity index (χ2v) is 15.2. The number of nitrogens with one attached hydrogen (secondary N) is 2. The molecule has 0 saturated carbocycles. The quantitative estimate of drug-likeness (QED) is 0.136. The zero-order chi connectivity index (χ0) is 35.8. The minimum atomic E-state index is -0.431. The van der Waals surface area contributed by atoms with Gasteiger partial charge in [0.15, 0.2) is 11.6 Å². The fraction of sp³-hybridized carbons (Fsp3) is 0.136. The summed E-state index contributed by atoms with van der Waals surface area (Å²) >= 11 is 1.77. The predicted octanol–water partition coefficient (Wildman–Crippen LogP) is 10.3. The Kier molecular flexibility index (Phi) is 7.03. The standard InChI is InChI=1S/C44H33N7OS/c1-25-12-14-28(30(18-25)35-9-5-6-16-47-35)26-19-32-34-23-49-50-24-39(34)53-42(32)44(2,21-26)27-13-15-38-31(20-27)33(22-45)41(52-38)43(46)51-36-10-4-3-8-29(36)40-37(51)11-7-17-48-40/h3-11,13-20,22-25,45-46H,12,21H2,1-2H3. The molecule has 2 unspecified atom stereocenters. The van der Waals surface area contributed by atoms with Crippen LogP contribution in [-0.4, -0.2) is 36.8 Å². The van der Waals surface area contributed by atoms with Gasteiger partial charge in [0.25, 0.3) is 0 Å². The van der Waals surface area contributed by atoms with Crippen LogP contribution in [0.2, 0.25) is 0 Å². The van der Waals surface area contributed by atoms with Gasteiger partial charge in [-0.25, -0.2) is 0 Å². The molecular formula is C44H33N7OS. The Balaban J connectivity index is 1.13. The molecule has 2 atom stereocenters. The number of thiophene rings is 1. The highest BCUT2D eigenvalue weighted by Gasteiger charge is 2.39. The summed E-state index contributed by atoms with van der Waals surface area (Å²) in [6.45, 7) is 4.58. The fourth-order valence-electron chi connectivity index (χ4n) is 8.34. The van der Waals surface area contributed by atoms with E-state index in [0.717, 1.165) is 61.5 Å². The summed E-state index contributed by atoms with van der Waals surface area (Å²) in [5.41, 5.74) is 10.2. The van der Waals surface area contributed by atoms with Crippen LogP contribution >= 0.6 is 11.3 Å². The second-order valence-electron chi connectivity index (χ2n) is 14.2. The Labute approximate surface area is 308 Å². The van der Waals surface area contributed by atoms with Crippen LogP contribution in [0, 0.1) is 16.7 Å². The Bertz CT molecular complexity index is 2870. The van der Waals surface area contributed by atoms with Crippen LogP contribution in [0.1, 0.15) is 59.7 Å².